The van der Waals surface area contributed by atoms with Crippen molar-refractivity contribution in [2.75, 3.05) is 20.0 Å². The summed E-state index contributed by atoms with van der Waals surface area (Å²) in [4.78, 5) is 4.71. The summed E-state index contributed by atoms with van der Waals surface area (Å²) in [5, 5.41) is 0. The van der Waals surface area contributed by atoms with Crippen molar-refractivity contribution in [2.45, 2.75) is 25.8 Å². The molecule has 1 aromatic carbocycles. The van der Waals surface area contributed by atoms with Crippen LogP contribution >= 0.6 is 0 Å². The van der Waals surface area contributed by atoms with Crippen LogP contribution in [0.2, 0.25) is 0 Å². The molecule has 1 aromatic heterocycles. The van der Waals surface area contributed by atoms with E-state index in [0.29, 0.717) is 5.82 Å². The summed E-state index contributed by atoms with van der Waals surface area (Å²) in [7, 11) is 3.30. The Balaban J connectivity index is 2.15. The fourth-order valence-electron chi connectivity index (χ4n) is 2.70. The summed E-state index contributed by atoms with van der Waals surface area (Å²) in [6.07, 6.45) is 3.31. The first-order chi connectivity index (χ1) is 9.74. The first-order valence-corrected chi connectivity index (χ1v) is 6.82. The van der Waals surface area contributed by atoms with E-state index in [2.05, 4.69) is 4.57 Å². The highest BCUT2D eigenvalue weighted by Crippen LogP contribution is 2.37. The van der Waals surface area contributed by atoms with Crippen molar-refractivity contribution in [1.82, 2.24) is 9.55 Å². The summed E-state index contributed by atoms with van der Waals surface area (Å²) < 4.78 is 12.8. The number of fused-ring (bicyclic) bond motifs is 1. The van der Waals surface area contributed by atoms with Crippen molar-refractivity contribution in [3.8, 4) is 22.8 Å². The number of imidazole rings is 1. The Labute approximate surface area is 118 Å². The average Bonchev–Trinajstić information content (AvgIpc) is 2.84. The van der Waals surface area contributed by atoms with Crippen molar-refractivity contribution < 1.29 is 9.47 Å². The number of benzene rings is 1. The molecular weight excluding hydrogens is 254 g/mol. The number of hydrogen-bond donors (Lipinski definition) is 1. The van der Waals surface area contributed by atoms with E-state index in [0.717, 1.165) is 48.0 Å². The van der Waals surface area contributed by atoms with E-state index >= 15 is 0 Å². The second-order valence-corrected chi connectivity index (χ2v) is 4.94. The van der Waals surface area contributed by atoms with E-state index in [-0.39, 0.29) is 0 Å². The number of aryl methyl sites for hydroxylation is 1. The molecule has 0 atom stereocenters. The van der Waals surface area contributed by atoms with Gasteiger partial charge in [-0.25, -0.2) is 4.98 Å². The van der Waals surface area contributed by atoms with Gasteiger partial charge >= 0.3 is 0 Å². The van der Waals surface area contributed by atoms with Crippen LogP contribution in [-0.2, 0) is 13.0 Å². The second kappa shape index (κ2) is 5.07. The summed E-state index contributed by atoms with van der Waals surface area (Å²) in [5.41, 5.74) is 7.95. The van der Waals surface area contributed by atoms with E-state index in [1.54, 1.807) is 14.2 Å². The third-order valence-electron chi connectivity index (χ3n) is 3.78. The zero-order valence-corrected chi connectivity index (χ0v) is 11.8. The van der Waals surface area contributed by atoms with Crippen LogP contribution in [0.4, 0.5) is 5.82 Å². The van der Waals surface area contributed by atoms with Gasteiger partial charge in [0.05, 0.1) is 14.2 Å². The van der Waals surface area contributed by atoms with Crippen LogP contribution in [0.25, 0.3) is 11.3 Å². The third kappa shape index (κ3) is 1.99. The van der Waals surface area contributed by atoms with Gasteiger partial charge in [0, 0.05) is 18.5 Å². The highest BCUT2D eigenvalue weighted by atomic mass is 16.5. The van der Waals surface area contributed by atoms with Crippen molar-refractivity contribution in [3.63, 3.8) is 0 Å². The maximum absolute atomic E-state index is 6.28. The molecular formula is C15H19N3O2. The van der Waals surface area contributed by atoms with E-state index < -0.39 is 0 Å². The van der Waals surface area contributed by atoms with E-state index in [1.807, 2.05) is 18.2 Å². The molecule has 0 saturated heterocycles. The maximum atomic E-state index is 6.28. The van der Waals surface area contributed by atoms with Gasteiger partial charge in [0.2, 0.25) is 0 Å². The molecule has 0 radical (unpaired) electrons. The largest absolute Gasteiger partial charge is 0.497 e. The standard InChI is InChI=1S/C15H19N3O2/c1-19-10-6-7-12(20-2)11(9-10)14-15(16)18-8-4-3-5-13(18)17-14/h6-7,9H,3-5,8,16H2,1-2H3. The van der Waals surface area contributed by atoms with Crippen LogP contribution in [0.1, 0.15) is 18.7 Å². The monoisotopic (exact) mass is 273 g/mol. The smallest absolute Gasteiger partial charge is 0.131 e. The van der Waals surface area contributed by atoms with Gasteiger partial charge in [0.25, 0.3) is 0 Å². The van der Waals surface area contributed by atoms with Crippen LogP contribution in [0, 0.1) is 0 Å². The molecule has 106 valence electrons. The van der Waals surface area contributed by atoms with Crippen LogP contribution in [0.15, 0.2) is 18.2 Å². The zero-order chi connectivity index (χ0) is 14.1. The van der Waals surface area contributed by atoms with Gasteiger partial charge in [0.1, 0.15) is 28.8 Å². The normalized spacial score (nSPS) is 13.9. The molecule has 1 aliphatic heterocycles. The van der Waals surface area contributed by atoms with Gasteiger partial charge in [-0.15, -0.1) is 0 Å². The highest BCUT2D eigenvalue weighted by Gasteiger charge is 2.21. The minimum Gasteiger partial charge on any atom is -0.497 e. The minimum atomic E-state index is 0.714. The molecule has 0 bridgehead atoms. The number of ether oxygens (including phenoxy) is 2. The van der Waals surface area contributed by atoms with Crippen molar-refractivity contribution in [3.05, 3.63) is 24.0 Å². The Bertz CT molecular complexity index is 634. The lowest BCUT2D eigenvalue weighted by Crippen LogP contribution is -2.12. The Morgan fingerprint density at radius 3 is 2.75 bits per heavy atom. The van der Waals surface area contributed by atoms with Crippen molar-refractivity contribution >= 4 is 5.82 Å². The van der Waals surface area contributed by atoms with Gasteiger partial charge in [-0.3, -0.25) is 0 Å². The molecule has 0 aliphatic carbocycles. The van der Waals surface area contributed by atoms with E-state index in [4.69, 9.17) is 20.2 Å². The first kappa shape index (κ1) is 12.8. The number of methoxy groups -OCH3 is 2. The number of nitrogens with two attached hydrogens (primary N) is 1. The summed E-state index contributed by atoms with van der Waals surface area (Å²) in [6, 6.07) is 5.67. The summed E-state index contributed by atoms with van der Waals surface area (Å²) >= 11 is 0. The fraction of sp³-hybridized carbons (Fsp3) is 0.400. The molecule has 0 amide bonds. The molecule has 0 saturated carbocycles. The second-order valence-electron chi connectivity index (χ2n) is 4.94. The molecule has 1 aliphatic rings. The van der Waals surface area contributed by atoms with Gasteiger partial charge in [-0.1, -0.05) is 0 Å². The SMILES string of the molecule is COc1ccc(OC)c(-c2nc3n(c2N)CCCC3)c1. The van der Waals surface area contributed by atoms with E-state index in [1.165, 1.54) is 6.42 Å². The molecule has 0 unspecified atom stereocenters. The summed E-state index contributed by atoms with van der Waals surface area (Å²) in [6.45, 7) is 0.945. The summed E-state index contributed by atoms with van der Waals surface area (Å²) in [5.74, 6) is 3.30. The predicted octanol–water partition coefficient (Wildman–Crippen LogP) is 2.49. The van der Waals surface area contributed by atoms with Crippen molar-refractivity contribution in [1.29, 1.82) is 0 Å². The van der Waals surface area contributed by atoms with Crippen LogP contribution in [0.5, 0.6) is 11.5 Å². The molecule has 3 rings (SSSR count). The topological polar surface area (TPSA) is 62.3 Å². The Kier molecular flexibility index (Phi) is 3.26. The third-order valence-corrected chi connectivity index (χ3v) is 3.78. The quantitative estimate of drug-likeness (QED) is 0.933. The molecule has 2 aromatic rings. The Morgan fingerprint density at radius 1 is 1.20 bits per heavy atom. The average molecular weight is 273 g/mol. The molecule has 20 heavy (non-hydrogen) atoms. The lowest BCUT2D eigenvalue weighted by atomic mass is 10.1. The van der Waals surface area contributed by atoms with Crippen LogP contribution in [-0.4, -0.2) is 23.8 Å². The number of hydrogen-bond acceptors (Lipinski definition) is 4. The first-order valence-electron chi connectivity index (χ1n) is 6.82. The fourth-order valence-corrected chi connectivity index (χ4v) is 2.70. The van der Waals surface area contributed by atoms with E-state index in [9.17, 15) is 0 Å². The Hall–Kier alpha value is -2.17. The lowest BCUT2D eigenvalue weighted by Gasteiger charge is -2.14. The molecule has 2 N–H and O–H groups in total. The predicted molar refractivity (Wildman–Crippen MR) is 78.1 cm³/mol. The van der Waals surface area contributed by atoms with Gasteiger partial charge in [-0.05, 0) is 31.0 Å². The lowest BCUT2D eigenvalue weighted by molar-refractivity contribution is 0.404. The number of rotatable bonds is 3. The minimum absolute atomic E-state index is 0.714. The number of nitrogen functional groups attached to an aromatic ring is 1. The highest BCUT2D eigenvalue weighted by molar-refractivity contribution is 5.77. The molecule has 0 fully saturated rings. The molecule has 0 spiro atoms. The van der Waals surface area contributed by atoms with Crippen LogP contribution in [0.3, 0.4) is 0 Å². The molecule has 5 heteroatoms. The molecule has 5 nitrogen and oxygen atoms in total. The number of nitrogens with zero attached hydrogens (tertiary/aromatic N) is 2. The number of anilines is 1. The van der Waals surface area contributed by atoms with Gasteiger partial charge < -0.3 is 19.8 Å². The van der Waals surface area contributed by atoms with Crippen LogP contribution < -0.4 is 15.2 Å². The van der Waals surface area contributed by atoms with Gasteiger partial charge in [-0.2, -0.15) is 0 Å². The maximum Gasteiger partial charge on any atom is 0.131 e. The number of aromatic nitrogens is 2. The van der Waals surface area contributed by atoms with Gasteiger partial charge in [0.15, 0.2) is 0 Å². The molecule has 2 heterocycles. The Morgan fingerprint density at radius 2 is 2.05 bits per heavy atom. The van der Waals surface area contributed by atoms with Crippen molar-refractivity contribution in [2.24, 2.45) is 0 Å². The zero-order valence-electron chi connectivity index (χ0n) is 11.8.